The van der Waals surface area contributed by atoms with Gasteiger partial charge in [-0.15, -0.1) is 0 Å². The Morgan fingerprint density at radius 3 is 2.72 bits per heavy atom. The van der Waals surface area contributed by atoms with Gasteiger partial charge in [0.2, 0.25) is 0 Å². The third-order valence-corrected chi connectivity index (χ3v) is 2.74. The van der Waals surface area contributed by atoms with Gasteiger partial charge in [0.05, 0.1) is 10.6 Å². The van der Waals surface area contributed by atoms with Crippen molar-refractivity contribution in [3.8, 4) is 0 Å². The Balaban J connectivity index is 2.52. The van der Waals surface area contributed by atoms with Crippen LogP contribution in [-0.4, -0.2) is 18.6 Å². The second kappa shape index (κ2) is 4.31. The minimum absolute atomic E-state index is 0.511. The van der Waals surface area contributed by atoms with Crippen LogP contribution in [0.5, 0.6) is 0 Å². The predicted molar refractivity (Wildman–Crippen MR) is 53.5 cm³/mol. The van der Waals surface area contributed by atoms with Gasteiger partial charge in [-0.1, -0.05) is 11.6 Å². The molecule has 0 unspecified atom stereocenters. The van der Waals surface area contributed by atoms with Crippen molar-refractivity contribution in [1.29, 1.82) is 0 Å². The molecule has 0 bridgehead atoms. The predicted octanol–water partition coefficient (Wildman–Crippen LogP) is 3.03. The number of hydrogen-bond acceptors (Lipinski definition) is 2. The molecule has 0 spiro atoms. The highest BCUT2D eigenvalue weighted by Gasteiger charge is 2.49. The highest BCUT2D eigenvalue weighted by Crippen LogP contribution is 2.38. The van der Waals surface area contributed by atoms with E-state index in [1.165, 1.54) is 0 Å². The molecule has 1 aliphatic rings. The zero-order valence-corrected chi connectivity index (χ0v) is 9.40. The molecule has 1 atom stereocenters. The Bertz CT molecular complexity index is 509. The number of benzene rings is 1. The minimum Gasteiger partial charge on any atom is -0.443 e. The van der Waals surface area contributed by atoms with Gasteiger partial charge in [0, 0.05) is 0 Å². The topological polar surface area (TPSA) is 38.3 Å². The van der Waals surface area contributed by atoms with Crippen LogP contribution in [0, 0.1) is 11.6 Å². The summed E-state index contributed by atoms with van der Waals surface area (Å²) in [6.45, 7) is -1.26. The molecule has 8 heteroatoms. The summed E-state index contributed by atoms with van der Waals surface area (Å²) in [7, 11) is 0. The second-order valence-electron chi connectivity index (χ2n) is 3.67. The van der Waals surface area contributed by atoms with Crippen molar-refractivity contribution >= 4 is 17.7 Å². The lowest BCUT2D eigenvalue weighted by molar-refractivity contribution is -0.105. The Labute approximate surface area is 104 Å². The van der Waals surface area contributed by atoms with Gasteiger partial charge >= 0.3 is 12.0 Å². The molecule has 1 saturated heterocycles. The molecule has 98 valence electrons. The van der Waals surface area contributed by atoms with Crippen LogP contribution < -0.4 is 5.32 Å². The molecule has 0 radical (unpaired) electrons. The zero-order chi connectivity index (χ0) is 13.5. The normalized spacial score (nSPS) is 22.3. The number of cyclic esters (lactones) is 1. The Kier molecular flexibility index (Phi) is 3.10. The van der Waals surface area contributed by atoms with Crippen LogP contribution in [0.4, 0.5) is 22.4 Å². The van der Waals surface area contributed by atoms with Crippen LogP contribution in [0.15, 0.2) is 12.1 Å². The van der Waals surface area contributed by atoms with E-state index in [9.17, 15) is 22.4 Å². The number of carbonyl (C=O) groups excluding carboxylic acids is 1. The van der Waals surface area contributed by atoms with Gasteiger partial charge in [-0.3, -0.25) is 0 Å². The monoisotopic (exact) mass is 283 g/mol. The van der Waals surface area contributed by atoms with Crippen molar-refractivity contribution in [3.05, 3.63) is 34.4 Å². The maximum atomic E-state index is 13.6. The van der Waals surface area contributed by atoms with Crippen molar-refractivity contribution in [2.45, 2.75) is 12.0 Å². The molecule has 1 fully saturated rings. The van der Waals surface area contributed by atoms with E-state index in [1.807, 2.05) is 0 Å². The third-order valence-electron chi connectivity index (χ3n) is 2.45. The van der Waals surface area contributed by atoms with E-state index in [1.54, 1.807) is 5.32 Å². The molecule has 1 aromatic carbocycles. The summed E-state index contributed by atoms with van der Waals surface area (Å²) in [6, 6.07) is -0.509. The number of alkyl halides is 2. The fraction of sp³-hybridized carbons (Fsp3) is 0.300. The van der Waals surface area contributed by atoms with Crippen molar-refractivity contribution in [3.63, 3.8) is 0 Å². The van der Waals surface area contributed by atoms with E-state index in [-0.39, 0.29) is 0 Å². The van der Waals surface area contributed by atoms with Crippen LogP contribution in [0.2, 0.25) is 5.02 Å². The summed E-state index contributed by atoms with van der Waals surface area (Å²) in [5.74, 6) is -6.19. The molecular formula is C10H6ClF4NO2. The quantitative estimate of drug-likeness (QED) is 0.635. The lowest BCUT2D eigenvalue weighted by Crippen LogP contribution is -2.50. The summed E-state index contributed by atoms with van der Waals surface area (Å²) in [4.78, 5) is 10.9. The zero-order valence-electron chi connectivity index (χ0n) is 8.65. The van der Waals surface area contributed by atoms with Crippen LogP contribution in [0.1, 0.15) is 11.6 Å². The molecule has 0 saturated carbocycles. The molecule has 0 aromatic heterocycles. The summed E-state index contributed by atoms with van der Waals surface area (Å²) >= 11 is 5.40. The van der Waals surface area contributed by atoms with Gasteiger partial charge in [0.1, 0.15) is 17.7 Å². The first-order valence-electron chi connectivity index (χ1n) is 4.77. The van der Waals surface area contributed by atoms with Crippen LogP contribution in [0.25, 0.3) is 0 Å². The van der Waals surface area contributed by atoms with Crippen LogP contribution in [0.3, 0.4) is 0 Å². The number of alkyl carbamates (subject to hydrolysis) is 1. The number of nitrogens with one attached hydrogen (secondary N) is 1. The van der Waals surface area contributed by atoms with Gasteiger partial charge in [-0.25, -0.2) is 22.4 Å². The smallest absolute Gasteiger partial charge is 0.408 e. The molecule has 18 heavy (non-hydrogen) atoms. The highest BCUT2D eigenvalue weighted by molar-refractivity contribution is 6.30. The van der Waals surface area contributed by atoms with E-state index in [0.29, 0.717) is 0 Å². The van der Waals surface area contributed by atoms with E-state index in [4.69, 9.17) is 11.6 Å². The van der Waals surface area contributed by atoms with Gasteiger partial charge in [-0.2, -0.15) is 0 Å². The maximum Gasteiger partial charge on any atom is 0.408 e. The Hall–Kier alpha value is -1.50. The summed E-state index contributed by atoms with van der Waals surface area (Å²) in [5.41, 5.74) is -0.982. The minimum atomic E-state index is -3.64. The number of rotatable bonds is 1. The van der Waals surface area contributed by atoms with Crippen molar-refractivity contribution in [2.75, 3.05) is 6.61 Å². The van der Waals surface area contributed by atoms with Gasteiger partial charge in [0.25, 0.3) is 0 Å². The molecule has 1 aliphatic heterocycles. The second-order valence-corrected chi connectivity index (χ2v) is 4.08. The summed E-state index contributed by atoms with van der Waals surface area (Å²) < 4.78 is 58.2. The number of amides is 1. The number of carbonyl (C=O) groups is 1. The fourth-order valence-corrected chi connectivity index (χ4v) is 1.77. The van der Waals surface area contributed by atoms with Gasteiger partial charge < -0.3 is 10.1 Å². The fourth-order valence-electron chi connectivity index (χ4n) is 1.60. The molecule has 1 aromatic rings. The number of halogens is 5. The van der Waals surface area contributed by atoms with Gasteiger partial charge in [0.15, 0.2) is 6.61 Å². The standard InChI is InChI=1S/C10H6ClF4NO2/c11-4-1-2-5(12)6(7(4)13)8-10(14,15)3-18-9(17)16-8/h1-2,8H,3H2,(H,16,17)/t8-/m1/s1. The first kappa shape index (κ1) is 12.9. The van der Waals surface area contributed by atoms with E-state index in [0.717, 1.165) is 12.1 Å². The van der Waals surface area contributed by atoms with Crippen molar-refractivity contribution < 1.29 is 27.1 Å². The summed E-state index contributed by atoms with van der Waals surface area (Å²) in [6.07, 6.45) is -1.18. The summed E-state index contributed by atoms with van der Waals surface area (Å²) in [5, 5.41) is 1.17. The largest absolute Gasteiger partial charge is 0.443 e. The Morgan fingerprint density at radius 2 is 2.06 bits per heavy atom. The van der Waals surface area contributed by atoms with Gasteiger partial charge in [-0.05, 0) is 12.1 Å². The lowest BCUT2D eigenvalue weighted by Gasteiger charge is -2.32. The first-order valence-corrected chi connectivity index (χ1v) is 5.15. The first-order chi connectivity index (χ1) is 8.33. The molecule has 1 amide bonds. The van der Waals surface area contributed by atoms with Crippen molar-refractivity contribution in [1.82, 2.24) is 5.32 Å². The molecular weight excluding hydrogens is 278 g/mol. The lowest BCUT2D eigenvalue weighted by atomic mass is 9.99. The van der Waals surface area contributed by atoms with E-state index < -0.39 is 46.9 Å². The van der Waals surface area contributed by atoms with Crippen molar-refractivity contribution in [2.24, 2.45) is 0 Å². The highest BCUT2D eigenvalue weighted by atomic mass is 35.5. The Morgan fingerprint density at radius 1 is 1.39 bits per heavy atom. The van der Waals surface area contributed by atoms with E-state index >= 15 is 0 Å². The SMILES string of the molecule is O=C1N[C@H](c2c(F)ccc(Cl)c2F)C(F)(F)CO1. The molecule has 2 rings (SSSR count). The van der Waals surface area contributed by atoms with Crippen LogP contribution in [-0.2, 0) is 4.74 Å². The average Bonchev–Trinajstić information content (AvgIpc) is 2.29. The van der Waals surface area contributed by atoms with E-state index in [2.05, 4.69) is 4.74 Å². The molecule has 1 heterocycles. The number of hydrogen-bond donors (Lipinski definition) is 1. The molecule has 0 aliphatic carbocycles. The number of ether oxygens (including phenoxy) is 1. The molecule has 3 nitrogen and oxygen atoms in total. The average molecular weight is 284 g/mol. The van der Waals surface area contributed by atoms with Crippen LogP contribution >= 0.6 is 11.6 Å². The molecule has 1 N–H and O–H groups in total. The maximum absolute atomic E-state index is 13.6. The third kappa shape index (κ3) is 2.10.